The number of hydrogen-bond acceptors (Lipinski definition) is 5. The van der Waals surface area contributed by atoms with Crippen molar-refractivity contribution >= 4 is 50.0 Å². The largest absolute Gasteiger partial charge is 0.298 e. The van der Waals surface area contributed by atoms with E-state index in [1.165, 1.54) is 23.0 Å². The fourth-order valence-electron chi connectivity index (χ4n) is 2.63. The third-order valence-electron chi connectivity index (χ3n) is 4.08. The summed E-state index contributed by atoms with van der Waals surface area (Å²) in [7, 11) is 0. The zero-order valence-electron chi connectivity index (χ0n) is 14.7. The lowest BCUT2D eigenvalue weighted by Crippen LogP contribution is -2.07. The van der Waals surface area contributed by atoms with Crippen LogP contribution in [-0.2, 0) is 11.2 Å². The van der Waals surface area contributed by atoms with E-state index in [4.69, 9.17) is 0 Å². The van der Waals surface area contributed by atoms with Crippen molar-refractivity contribution in [3.05, 3.63) is 70.6 Å². The number of thiazole rings is 2. The number of carbonyl (C=O) groups excluding carboxylic acids is 1. The van der Waals surface area contributed by atoms with Crippen LogP contribution in [0.5, 0.6) is 0 Å². The van der Waals surface area contributed by atoms with Crippen LogP contribution >= 0.6 is 22.7 Å². The molecule has 2 aromatic heterocycles. The molecule has 0 saturated heterocycles. The second-order valence-electron chi connectivity index (χ2n) is 5.93. The number of nitrogens with one attached hydrogen (secondary N) is 1. The molecule has 2 heterocycles. The Morgan fingerprint density at radius 2 is 1.93 bits per heavy atom. The molecule has 0 spiro atoms. The number of para-hydroxylation sites is 1. The number of benzene rings is 2. The second-order valence-corrected chi connectivity index (χ2v) is 7.85. The second kappa shape index (κ2) is 7.82. The van der Waals surface area contributed by atoms with Crippen LogP contribution in [0.25, 0.3) is 27.6 Å². The number of anilines is 1. The molecule has 0 bridgehead atoms. The Morgan fingerprint density at radius 1 is 1.11 bits per heavy atom. The molecule has 4 aromatic rings. The van der Waals surface area contributed by atoms with Gasteiger partial charge in [-0.2, -0.15) is 0 Å². The molecular formula is C21H17N3OS2. The molecule has 0 radical (unpaired) electrons. The molecule has 0 aliphatic rings. The van der Waals surface area contributed by atoms with Gasteiger partial charge in [0.1, 0.15) is 5.01 Å². The Hall–Kier alpha value is -2.83. The minimum atomic E-state index is -0.212. The van der Waals surface area contributed by atoms with Gasteiger partial charge < -0.3 is 0 Å². The predicted octanol–water partition coefficient (Wildman–Crippen LogP) is 5.63. The summed E-state index contributed by atoms with van der Waals surface area (Å²) in [5.74, 6) is -0.212. The number of aromatic nitrogens is 2. The highest BCUT2D eigenvalue weighted by molar-refractivity contribution is 7.19. The summed E-state index contributed by atoms with van der Waals surface area (Å²) in [6.07, 6.45) is 4.24. The zero-order chi connectivity index (χ0) is 18.6. The highest BCUT2D eigenvalue weighted by Gasteiger charge is 2.07. The van der Waals surface area contributed by atoms with Crippen molar-refractivity contribution < 1.29 is 4.79 Å². The molecule has 0 aliphatic heterocycles. The van der Waals surface area contributed by atoms with Gasteiger partial charge in [0.05, 0.1) is 15.9 Å². The maximum atomic E-state index is 12.2. The van der Waals surface area contributed by atoms with Gasteiger partial charge in [0.25, 0.3) is 0 Å². The Balaban J connectivity index is 1.42. The Kier molecular flexibility index (Phi) is 5.09. The average Bonchev–Trinajstić information content (AvgIpc) is 3.33. The van der Waals surface area contributed by atoms with E-state index >= 15 is 0 Å². The standard InChI is InChI=1S/C21H17N3OS2/c1-2-14-7-9-15(10-8-14)17-13-26-21(23-17)24-19(25)11-12-20-22-16-5-3-4-6-18(16)27-20/h3-13H,2H2,1H3,(H,23,24,25)/b12-11+. The Labute approximate surface area is 165 Å². The first kappa shape index (κ1) is 17.6. The number of carbonyl (C=O) groups is 1. The fourth-order valence-corrected chi connectivity index (χ4v) is 4.22. The SMILES string of the molecule is CCc1ccc(-c2csc(NC(=O)/C=C/c3nc4ccccc4s3)n2)cc1. The maximum Gasteiger partial charge on any atom is 0.250 e. The minimum absolute atomic E-state index is 0.212. The van der Waals surface area contributed by atoms with E-state index in [2.05, 4.69) is 46.5 Å². The normalized spacial score (nSPS) is 11.3. The lowest BCUT2D eigenvalue weighted by Gasteiger charge is -1.99. The van der Waals surface area contributed by atoms with Crippen molar-refractivity contribution in [3.8, 4) is 11.3 Å². The van der Waals surface area contributed by atoms with Gasteiger partial charge in [0.2, 0.25) is 5.91 Å². The van der Waals surface area contributed by atoms with Gasteiger partial charge in [0.15, 0.2) is 5.13 Å². The first-order valence-electron chi connectivity index (χ1n) is 8.61. The number of nitrogens with zero attached hydrogens (tertiary/aromatic N) is 2. The Bertz CT molecular complexity index is 1080. The summed E-state index contributed by atoms with van der Waals surface area (Å²) >= 11 is 2.98. The average molecular weight is 392 g/mol. The fraction of sp³-hybridized carbons (Fsp3) is 0.0952. The number of rotatable bonds is 5. The van der Waals surface area contributed by atoms with Crippen LogP contribution in [-0.4, -0.2) is 15.9 Å². The number of fused-ring (bicyclic) bond motifs is 1. The van der Waals surface area contributed by atoms with E-state index < -0.39 is 0 Å². The van der Waals surface area contributed by atoms with E-state index in [1.54, 1.807) is 17.4 Å². The van der Waals surface area contributed by atoms with Gasteiger partial charge in [-0.25, -0.2) is 9.97 Å². The maximum absolute atomic E-state index is 12.2. The van der Waals surface area contributed by atoms with Crippen molar-refractivity contribution in [1.82, 2.24) is 9.97 Å². The monoisotopic (exact) mass is 391 g/mol. The van der Waals surface area contributed by atoms with Crippen molar-refractivity contribution in [2.75, 3.05) is 5.32 Å². The van der Waals surface area contributed by atoms with Gasteiger partial charge >= 0.3 is 0 Å². The van der Waals surface area contributed by atoms with E-state index in [0.717, 1.165) is 32.9 Å². The first-order chi connectivity index (χ1) is 13.2. The molecule has 6 heteroatoms. The quantitative estimate of drug-likeness (QED) is 0.448. The Morgan fingerprint density at radius 3 is 2.70 bits per heavy atom. The van der Waals surface area contributed by atoms with Crippen LogP contribution in [0, 0.1) is 0 Å². The van der Waals surface area contributed by atoms with Gasteiger partial charge in [-0.3, -0.25) is 10.1 Å². The third kappa shape index (κ3) is 4.13. The van der Waals surface area contributed by atoms with E-state index in [1.807, 2.05) is 29.6 Å². The number of aryl methyl sites for hydroxylation is 1. The highest BCUT2D eigenvalue weighted by atomic mass is 32.1. The van der Waals surface area contributed by atoms with Crippen LogP contribution in [0.2, 0.25) is 0 Å². The molecule has 0 atom stereocenters. The van der Waals surface area contributed by atoms with Crippen LogP contribution in [0.1, 0.15) is 17.5 Å². The molecule has 0 fully saturated rings. The lowest BCUT2D eigenvalue weighted by molar-refractivity contribution is -0.111. The zero-order valence-corrected chi connectivity index (χ0v) is 16.3. The molecule has 134 valence electrons. The van der Waals surface area contributed by atoms with Crippen molar-refractivity contribution in [3.63, 3.8) is 0 Å². The van der Waals surface area contributed by atoms with Gasteiger partial charge in [-0.15, -0.1) is 22.7 Å². The molecule has 4 rings (SSSR count). The number of hydrogen-bond donors (Lipinski definition) is 1. The topological polar surface area (TPSA) is 54.9 Å². The van der Waals surface area contributed by atoms with Crippen LogP contribution in [0.15, 0.2) is 60.0 Å². The van der Waals surface area contributed by atoms with Crippen LogP contribution < -0.4 is 5.32 Å². The summed E-state index contributed by atoms with van der Waals surface area (Å²) in [5.41, 5.74) is 4.16. The van der Waals surface area contributed by atoms with Crippen LogP contribution in [0.3, 0.4) is 0 Å². The molecule has 0 aliphatic carbocycles. The van der Waals surface area contributed by atoms with E-state index in [9.17, 15) is 4.79 Å². The van der Waals surface area contributed by atoms with E-state index in [0.29, 0.717) is 5.13 Å². The smallest absolute Gasteiger partial charge is 0.250 e. The first-order valence-corrected chi connectivity index (χ1v) is 10.3. The van der Waals surface area contributed by atoms with Gasteiger partial charge in [0, 0.05) is 17.0 Å². The summed E-state index contributed by atoms with van der Waals surface area (Å²) in [5, 5.41) is 6.16. The predicted molar refractivity (Wildman–Crippen MR) is 114 cm³/mol. The lowest BCUT2D eigenvalue weighted by atomic mass is 10.1. The summed E-state index contributed by atoms with van der Waals surface area (Å²) < 4.78 is 1.11. The molecule has 1 N–H and O–H groups in total. The molecule has 4 nitrogen and oxygen atoms in total. The molecule has 2 aromatic carbocycles. The third-order valence-corrected chi connectivity index (χ3v) is 5.84. The molecule has 0 saturated carbocycles. The number of amides is 1. The van der Waals surface area contributed by atoms with Crippen molar-refractivity contribution in [1.29, 1.82) is 0 Å². The van der Waals surface area contributed by atoms with Gasteiger partial charge in [-0.1, -0.05) is 43.3 Å². The molecule has 27 heavy (non-hydrogen) atoms. The van der Waals surface area contributed by atoms with Crippen molar-refractivity contribution in [2.45, 2.75) is 13.3 Å². The highest BCUT2D eigenvalue weighted by Crippen LogP contribution is 2.26. The van der Waals surface area contributed by atoms with E-state index in [-0.39, 0.29) is 5.91 Å². The summed E-state index contributed by atoms with van der Waals surface area (Å²) in [6, 6.07) is 16.3. The summed E-state index contributed by atoms with van der Waals surface area (Å²) in [4.78, 5) is 21.2. The molecular weight excluding hydrogens is 374 g/mol. The summed E-state index contributed by atoms with van der Waals surface area (Å²) in [6.45, 7) is 2.13. The molecule has 0 unspecified atom stereocenters. The van der Waals surface area contributed by atoms with Crippen molar-refractivity contribution in [2.24, 2.45) is 0 Å². The minimum Gasteiger partial charge on any atom is -0.298 e. The van der Waals surface area contributed by atoms with Gasteiger partial charge in [-0.05, 0) is 30.2 Å². The van der Waals surface area contributed by atoms with Crippen LogP contribution in [0.4, 0.5) is 5.13 Å². The molecule has 1 amide bonds.